The summed E-state index contributed by atoms with van der Waals surface area (Å²) in [7, 11) is 0. The lowest BCUT2D eigenvalue weighted by atomic mass is 10.1. The lowest BCUT2D eigenvalue weighted by Crippen LogP contribution is -2.30. The summed E-state index contributed by atoms with van der Waals surface area (Å²) in [5.74, 6) is 0.692. The van der Waals surface area contributed by atoms with Crippen molar-refractivity contribution in [2.24, 2.45) is 0 Å². The Kier molecular flexibility index (Phi) is 7.10. The van der Waals surface area contributed by atoms with Gasteiger partial charge in [0.25, 0.3) is 0 Å². The molecule has 0 saturated carbocycles. The summed E-state index contributed by atoms with van der Waals surface area (Å²) in [6, 6.07) is 10.9. The third-order valence-corrected chi connectivity index (χ3v) is 5.61. The highest BCUT2D eigenvalue weighted by Gasteiger charge is 2.29. The summed E-state index contributed by atoms with van der Waals surface area (Å²) in [6.45, 7) is 4.78. The van der Waals surface area contributed by atoms with E-state index >= 15 is 0 Å². The van der Waals surface area contributed by atoms with Crippen LogP contribution in [0.5, 0.6) is 5.75 Å². The van der Waals surface area contributed by atoms with Crippen molar-refractivity contribution < 1.29 is 23.0 Å². The summed E-state index contributed by atoms with van der Waals surface area (Å²) in [5, 5.41) is 9.88. The molecule has 29 heavy (non-hydrogen) atoms. The second-order valence-corrected chi connectivity index (χ2v) is 7.70. The topological polar surface area (TPSA) is 45.6 Å². The molecule has 3 rings (SSSR count). The molecule has 4 nitrogen and oxygen atoms in total. The van der Waals surface area contributed by atoms with Crippen LogP contribution in [-0.2, 0) is 12.6 Å². The number of aliphatic hydroxyl groups is 1. The van der Waals surface area contributed by atoms with Gasteiger partial charge in [-0.25, -0.2) is 4.98 Å². The van der Waals surface area contributed by atoms with Crippen molar-refractivity contribution in [2.45, 2.75) is 19.5 Å². The Bertz CT molecular complexity index is 926. The number of hydrogen-bond donors (Lipinski definition) is 1. The van der Waals surface area contributed by atoms with Crippen molar-refractivity contribution in [1.82, 2.24) is 9.88 Å². The molecule has 0 bridgehead atoms. The number of nitrogens with zero attached hydrogens (tertiary/aromatic N) is 2. The van der Waals surface area contributed by atoms with Gasteiger partial charge >= 0.3 is 6.18 Å². The second kappa shape index (κ2) is 9.56. The monoisotopic (exact) mass is 424 g/mol. The van der Waals surface area contributed by atoms with E-state index in [1.54, 1.807) is 0 Å². The van der Waals surface area contributed by atoms with Gasteiger partial charge in [-0.15, -0.1) is 11.3 Å². The SMILES string of the molecule is CCN(CCO)CCOc1cccc2sc(Cc3ccc(C(F)(F)F)cc3)nc12. The largest absolute Gasteiger partial charge is 0.490 e. The molecular weight excluding hydrogens is 401 g/mol. The average Bonchev–Trinajstić information content (AvgIpc) is 3.10. The molecule has 1 N–H and O–H groups in total. The maximum Gasteiger partial charge on any atom is 0.416 e. The zero-order valence-corrected chi connectivity index (χ0v) is 16.9. The van der Waals surface area contributed by atoms with Crippen LogP contribution in [0.15, 0.2) is 42.5 Å². The van der Waals surface area contributed by atoms with Gasteiger partial charge in [0.2, 0.25) is 0 Å². The molecule has 0 radical (unpaired) electrons. The zero-order chi connectivity index (χ0) is 20.9. The standard InChI is InChI=1S/C21H23F3N2O2S/c1-2-26(10-12-27)11-13-28-17-4-3-5-18-20(17)25-19(29-18)14-15-6-8-16(9-7-15)21(22,23)24/h3-9,27H,2,10-14H2,1H3. The van der Waals surface area contributed by atoms with Gasteiger partial charge in [0.1, 0.15) is 17.9 Å². The van der Waals surface area contributed by atoms with Crippen LogP contribution in [0.25, 0.3) is 10.2 Å². The van der Waals surface area contributed by atoms with E-state index in [1.807, 2.05) is 25.1 Å². The predicted octanol–water partition coefficient (Wildman–Crippen LogP) is 4.60. The summed E-state index contributed by atoms with van der Waals surface area (Å²) >= 11 is 1.51. The summed E-state index contributed by atoms with van der Waals surface area (Å²) in [6.07, 6.45) is -3.86. The fourth-order valence-electron chi connectivity index (χ4n) is 3.00. The van der Waals surface area contributed by atoms with Crippen LogP contribution in [0, 0.1) is 0 Å². The van der Waals surface area contributed by atoms with Crippen LogP contribution in [-0.4, -0.2) is 47.8 Å². The van der Waals surface area contributed by atoms with Gasteiger partial charge < -0.3 is 9.84 Å². The first-order valence-corrected chi connectivity index (χ1v) is 10.2. The number of likely N-dealkylation sites (N-methyl/N-ethyl adjacent to an activating group) is 1. The first kappa shape index (κ1) is 21.5. The average molecular weight is 424 g/mol. The van der Waals surface area contributed by atoms with Gasteiger partial charge in [-0.3, -0.25) is 4.90 Å². The van der Waals surface area contributed by atoms with Crippen LogP contribution in [0.4, 0.5) is 13.2 Å². The van der Waals surface area contributed by atoms with Crippen molar-refractivity contribution >= 4 is 21.6 Å². The molecule has 0 atom stereocenters. The van der Waals surface area contributed by atoms with Gasteiger partial charge in [-0.05, 0) is 36.4 Å². The Morgan fingerprint density at radius 1 is 1.10 bits per heavy atom. The third-order valence-electron chi connectivity index (χ3n) is 4.59. The van der Waals surface area contributed by atoms with Gasteiger partial charge in [0, 0.05) is 19.5 Å². The highest BCUT2D eigenvalue weighted by atomic mass is 32.1. The maximum absolute atomic E-state index is 12.7. The van der Waals surface area contributed by atoms with Gasteiger partial charge in [-0.2, -0.15) is 13.2 Å². The number of thiazole rings is 1. The van der Waals surface area contributed by atoms with E-state index in [0.29, 0.717) is 31.9 Å². The van der Waals surface area contributed by atoms with E-state index in [9.17, 15) is 13.2 Å². The number of benzene rings is 2. The fraction of sp³-hybridized carbons (Fsp3) is 0.381. The molecular formula is C21H23F3N2O2S. The number of halogens is 3. The number of aliphatic hydroxyl groups excluding tert-OH is 1. The van der Waals surface area contributed by atoms with Crippen molar-refractivity contribution in [2.75, 3.05) is 32.8 Å². The van der Waals surface area contributed by atoms with E-state index in [0.717, 1.165) is 39.5 Å². The van der Waals surface area contributed by atoms with Crippen LogP contribution in [0.3, 0.4) is 0 Å². The quantitative estimate of drug-likeness (QED) is 0.545. The molecule has 0 fully saturated rings. The molecule has 1 aromatic heterocycles. The van der Waals surface area contributed by atoms with Crippen molar-refractivity contribution in [3.05, 3.63) is 58.6 Å². The van der Waals surface area contributed by atoms with E-state index in [2.05, 4.69) is 9.88 Å². The Morgan fingerprint density at radius 3 is 2.52 bits per heavy atom. The molecule has 0 aliphatic heterocycles. The normalized spacial score (nSPS) is 12.1. The Morgan fingerprint density at radius 2 is 1.86 bits per heavy atom. The fourth-order valence-corrected chi connectivity index (χ4v) is 4.02. The number of fused-ring (bicyclic) bond motifs is 1. The molecule has 3 aromatic rings. The summed E-state index contributed by atoms with van der Waals surface area (Å²) < 4.78 is 45.0. The van der Waals surface area contributed by atoms with Gasteiger partial charge in [0.05, 0.1) is 21.9 Å². The molecule has 0 aliphatic rings. The van der Waals surface area contributed by atoms with Gasteiger partial charge in [-0.1, -0.05) is 25.1 Å². The van der Waals surface area contributed by atoms with Crippen LogP contribution < -0.4 is 4.74 Å². The molecule has 0 saturated heterocycles. The molecule has 0 aliphatic carbocycles. The predicted molar refractivity (Wildman–Crippen MR) is 109 cm³/mol. The number of ether oxygens (including phenoxy) is 1. The van der Waals surface area contributed by atoms with Crippen molar-refractivity contribution in [3.8, 4) is 5.75 Å². The van der Waals surface area contributed by atoms with Crippen LogP contribution >= 0.6 is 11.3 Å². The molecule has 8 heteroatoms. The third kappa shape index (κ3) is 5.68. The van der Waals surface area contributed by atoms with E-state index in [4.69, 9.17) is 9.84 Å². The molecule has 156 valence electrons. The van der Waals surface area contributed by atoms with Crippen LogP contribution in [0.1, 0.15) is 23.1 Å². The summed E-state index contributed by atoms with van der Waals surface area (Å²) in [4.78, 5) is 6.75. The highest BCUT2D eigenvalue weighted by molar-refractivity contribution is 7.18. The number of alkyl halides is 3. The first-order chi connectivity index (χ1) is 13.9. The first-order valence-electron chi connectivity index (χ1n) is 9.41. The summed E-state index contributed by atoms with van der Waals surface area (Å²) in [5.41, 5.74) is 0.898. The van der Waals surface area contributed by atoms with Crippen LogP contribution in [0.2, 0.25) is 0 Å². The van der Waals surface area contributed by atoms with Crippen molar-refractivity contribution in [3.63, 3.8) is 0 Å². The molecule has 2 aromatic carbocycles. The number of rotatable bonds is 9. The molecule has 0 spiro atoms. The maximum atomic E-state index is 12.7. The Labute approximate surface area is 171 Å². The minimum atomic E-state index is -4.33. The Balaban J connectivity index is 1.69. The van der Waals surface area contributed by atoms with Crippen molar-refractivity contribution in [1.29, 1.82) is 0 Å². The minimum absolute atomic E-state index is 0.114. The van der Waals surface area contributed by atoms with E-state index in [-0.39, 0.29) is 6.61 Å². The highest BCUT2D eigenvalue weighted by Crippen LogP contribution is 2.32. The lowest BCUT2D eigenvalue weighted by molar-refractivity contribution is -0.137. The number of hydrogen-bond acceptors (Lipinski definition) is 5. The van der Waals surface area contributed by atoms with E-state index < -0.39 is 11.7 Å². The lowest BCUT2D eigenvalue weighted by Gasteiger charge is -2.19. The second-order valence-electron chi connectivity index (χ2n) is 6.59. The van der Waals surface area contributed by atoms with E-state index in [1.165, 1.54) is 23.5 Å². The number of aromatic nitrogens is 1. The smallest absolute Gasteiger partial charge is 0.416 e. The zero-order valence-electron chi connectivity index (χ0n) is 16.1. The van der Waals surface area contributed by atoms with Gasteiger partial charge in [0.15, 0.2) is 0 Å². The minimum Gasteiger partial charge on any atom is -0.490 e. The molecule has 0 amide bonds. The number of para-hydroxylation sites is 1. The molecule has 0 unspecified atom stereocenters. The molecule has 1 heterocycles. The Hall–Kier alpha value is -2.16.